The van der Waals surface area contributed by atoms with Crippen molar-refractivity contribution in [3.05, 3.63) is 0 Å². The zero-order valence-electron chi connectivity index (χ0n) is 7.46. The summed E-state index contributed by atoms with van der Waals surface area (Å²) < 4.78 is 4.53. The number of β-lactam (4-membered cyclic amide) rings is 1. The molecule has 0 aromatic rings. The van der Waals surface area contributed by atoms with Crippen LogP contribution in [0, 0.1) is 11.8 Å². The number of amides is 1. The lowest BCUT2D eigenvalue weighted by Gasteiger charge is -2.36. The third-order valence-electron chi connectivity index (χ3n) is 2.13. The fourth-order valence-corrected chi connectivity index (χ4v) is 1.41. The van der Waals surface area contributed by atoms with Crippen molar-refractivity contribution in [1.29, 1.82) is 0 Å². The van der Waals surface area contributed by atoms with E-state index >= 15 is 0 Å². The Kier molecular flexibility index (Phi) is 2.35. The first-order valence-corrected chi connectivity index (χ1v) is 3.96. The Morgan fingerprint density at radius 2 is 2.17 bits per heavy atom. The van der Waals surface area contributed by atoms with E-state index in [0.717, 1.165) is 0 Å². The van der Waals surface area contributed by atoms with Gasteiger partial charge in [0.15, 0.2) is 0 Å². The van der Waals surface area contributed by atoms with E-state index in [9.17, 15) is 9.59 Å². The van der Waals surface area contributed by atoms with Crippen molar-refractivity contribution in [2.75, 3.05) is 7.11 Å². The van der Waals surface area contributed by atoms with E-state index in [4.69, 9.17) is 0 Å². The van der Waals surface area contributed by atoms with Crippen molar-refractivity contribution in [3.63, 3.8) is 0 Å². The van der Waals surface area contributed by atoms with Crippen LogP contribution in [0.25, 0.3) is 0 Å². The van der Waals surface area contributed by atoms with E-state index in [1.807, 2.05) is 13.8 Å². The summed E-state index contributed by atoms with van der Waals surface area (Å²) >= 11 is 0. The molecule has 0 saturated carbocycles. The molecule has 4 nitrogen and oxygen atoms in total. The number of rotatable bonds is 2. The van der Waals surface area contributed by atoms with Crippen LogP contribution >= 0.6 is 0 Å². The van der Waals surface area contributed by atoms with Gasteiger partial charge in [-0.05, 0) is 5.92 Å². The Morgan fingerprint density at radius 1 is 1.58 bits per heavy atom. The van der Waals surface area contributed by atoms with Crippen molar-refractivity contribution in [2.24, 2.45) is 11.8 Å². The second-order valence-electron chi connectivity index (χ2n) is 3.28. The Hall–Kier alpha value is -1.06. The Balaban J connectivity index is 2.60. The quantitative estimate of drug-likeness (QED) is 0.467. The van der Waals surface area contributed by atoms with Gasteiger partial charge >= 0.3 is 5.97 Å². The third kappa shape index (κ3) is 1.29. The van der Waals surface area contributed by atoms with Gasteiger partial charge in [0.2, 0.25) is 5.91 Å². The average Bonchev–Trinajstić information content (AvgIpc) is 1.97. The summed E-state index contributed by atoms with van der Waals surface area (Å²) in [5, 5.41) is 2.51. The number of hydrogen-bond acceptors (Lipinski definition) is 3. The van der Waals surface area contributed by atoms with Crippen molar-refractivity contribution in [2.45, 2.75) is 19.9 Å². The second-order valence-corrected chi connectivity index (χ2v) is 3.28. The van der Waals surface area contributed by atoms with Crippen LogP contribution in [-0.4, -0.2) is 25.0 Å². The molecule has 1 fully saturated rings. The van der Waals surface area contributed by atoms with E-state index in [1.54, 1.807) is 0 Å². The minimum Gasteiger partial charge on any atom is -0.467 e. The fourth-order valence-electron chi connectivity index (χ4n) is 1.41. The van der Waals surface area contributed by atoms with Crippen LogP contribution in [0.3, 0.4) is 0 Å². The lowest BCUT2D eigenvalue weighted by molar-refractivity contribution is -0.157. The molecule has 0 aromatic carbocycles. The van der Waals surface area contributed by atoms with Crippen LogP contribution in [0.5, 0.6) is 0 Å². The van der Waals surface area contributed by atoms with Crippen LogP contribution in [0.1, 0.15) is 13.8 Å². The number of hydrogen-bond donors (Lipinski definition) is 1. The van der Waals surface area contributed by atoms with Crippen molar-refractivity contribution < 1.29 is 14.3 Å². The zero-order chi connectivity index (χ0) is 9.30. The first-order chi connectivity index (χ1) is 5.57. The third-order valence-corrected chi connectivity index (χ3v) is 2.13. The van der Waals surface area contributed by atoms with Gasteiger partial charge in [-0.1, -0.05) is 13.8 Å². The van der Waals surface area contributed by atoms with Crippen LogP contribution in [0.15, 0.2) is 0 Å². The van der Waals surface area contributed by atoms with Crippen molar-refractivity contribution in [1.82, 2.24) is 5.32 Å². The Labute approximate surface area is 71.3 Å². The second kappa shape index (κ2) is 3.13. The monoisotopic (exact) mass is 171 g/mol. The van der Waals surface area contributed by atoms with Gasteiger partial charge in [0.25, 0.3) is 0 Å². The fraction of sp³-hybridized carbons (Fsp3) is 0.750. The average molecular weight is 171 g/mol. The van der Waals surface area contributed by atoms with Crippen molar-refractivity contribution in [3.8, 4) is 0 Å². The van der Waals surface area contributed by atoms with Gasteiger partial charge in [-0.2, -0.15) is 0 Å². The van der Waals surface area contributed by atoms with Crippen LogP contribution < -0.4 is 5.32 Å². The molecular formula is C8H13NO3. The number of esters is 1. The first-order valence-electron chi connectivity index (χ1n) is 3.96. The highest BCUT2D eigenvalue weighted by Gasteiger charge is 2.46. The summed E-state index contributed by atoms with van der Waals surface area (Å²) in [6.45, 7) is 3.83. The van der Waals surface area contributed by atoms with E-state index in [2.05, 4.69) is 10.1 Å². The summed E-state index contributed by atoms with van der Waals surface area (Å²) in [7, 11) is 1.32. The molecule has 1 heterocycles. The van der Waals surface area contributed by atoms with E-state index in [-0.39, 0.29) is 23.7 Å². The SMILES string of the molecule is COC(=O)C1NC(=O)C1C(C)C. The molecular weight excluding hydrogens is 158 g/mol. The molecule has 4 heteroatoms. The largest absolute Gasteiger partial charge is 0.467 e. The molecule has 0 spiro atoms. The predicted octanol–water partition coefficient (Wildman–Crippen LogP) is -0.0700. The standard InChI is InChI=1S/C8H13NO3/c1-4(2)5-6(8(11)12-3)9-7(5)10/h4-6H,1-3H3,(H,9,10). The maximum Gasteiger partial charge on any atom is 0.329 e. The summed E-state index contributed by atoms with van der Waals surface area (Å²) in [5.41, 5.74) is 0. The molecule has 1 aliphatic heterocycles. The number of nitrogens with one attached hydrogen (secondary N) is 1. The van der Waals surface area contributed by atoms with Gasteiger partial charge < -0.3 is 10.1 Å². The maximum atomic E-state index is 11.0. The number of methoxy groups -OCH3 is 1. The molecule has 0 bridgehead atoms. The van der Waals surface area contributed by atoms with E-state index in [1.165, 1.54) is 7.11 Å². The molecule has 0 radical (unpaired) electrons. The summed E-state index contributed by atoms with van der Waals surface area (Å²) in [6.07, 6.45) is 0. The highest BCUT2D eigenvalue weighted by molar-refractivity contribution is 5.97. The molecule has 12 heavy (non-hydrogen) atoms. The molecule has 1 aliphatic rings. The number of ether oxygens (including phenoxy) is 1. The van der Waals surface area contributed by atoms with Gasteiger partial charge in [-0.3, -0.25) is 4.79 Å². The molecule has 1 rings (SSSR count). The molecule has 0 aliphatic carbocycles. The molecule has 1 amide bonds. The van der Waals surface area contributed by atoms with Gasteiger partial charge in [0.05, 0.1) is 13.0 Å². The zero-order valence-corrected chi connectivity index (χ0v) is 7.46. The van der Waals surface area contributed by atoms with Gasteiger partial charge in [0.1, 0.15) is 6.04 Å². The Morgan fingerprint density at radius 3 is 2.50 bits per heavy atom. The first kappa shape index (κ1) is 9.03. The molecule has 1 N–H and O–H groups in total. The van der Waals surface area contributed by atoms with Crippen molar-refractivity contribution >= 4 is 11.9 Å². The minimum absolute atomic E-state index is 0.0552. The number of carbonyl (C=O) groups excluding carboxylic acids is 2. The Bertz CT molecular complexity index is 212. The smallest absolute Gasteiger partial charge is 0.329 e. The summed E-state index contributed by atoms with van der Waals surface area (Å²) in [4.78, 5) is 22.0. The molecule has 1 saturated heterocycles. The maximum absolute atomic E-state index is 11.0. The minimum atomic E-state index is -0.428. The molecule has 2 unspecified atom stereocenters. The highest BCUT2D eigenvalue weighted by Crippen LogP contribution is 2.24. The molecule has 68 valence electrons. The normalized spacial score (nSPS) is 27.8. The summed E-state index contributed by atoms with van der Waals surface area (Å²) in [5.74, 6) is -0.436. The number of carbonyl (C=O) groups is 2. The predicted molar refractivity (Wildman–Crippen MR) is 42.3 cm³/mol. The molecule has 2 atom stereocenters. The van der Waals surface area contributed by atoms with Gasteiger partial charge in [-0.15, -0.1) is 0 Å². The van der Waals surface area contributed by atoms with Crippen LogP contribution in [0.2, 0.25) is 0 Å². The van der Waals surface area contributed by atoms with E-state index < -0.39 is 6.04 Å². The molecule has 0 aromatic heterocycles. The van der Waals surface area contributed by atoms with Crippen LogP contribution in [0.4, 0.5) is 0 Å². The van der Waals surface area contributed by atoms with Gasteiger partial charge in [0, 0.05) is 0 Å². The van der Waals surface area contributed by atoms with Crippen LogP contribution in [-0.2, 0) is 14.3 Å². The topological polar surface area (TPSA) is 55.4 Å². The van der Waals surface area contributed by atoms with Gasteiger partial charge in [-0.25, -0.2) is 4.79 Å². The highest BCUT2D eigenvalue weighted by atomic mass is 16.5. The summed E-state index contributed by atoms with van der Waals surface area (Å²) in [6, 6.07) is -0.428. The lowest BCUT2D eigenvalue weighted by Crippen LogP contribution is -2.63. The lowest BCUT2D eigenvalue weighted by atomic mass is 9.81. The van der Waals surface area contributed by atoms with E-state index in [0.29, 0.717) is 0 Å².